The van der Waals surface area contributed by atoms with Crippen LogP contribution in [-0.2, 0) is 9.12 Å². The Morgan fingerprint density at radius 1 is 1.41 bits per heavy atom. The summed E-state index contributed by atoms with van der Waals surface area (Å²) >= 11 is 3.84. The fourth-order valence-corrected chi connectivity index (χ4v) is 3.59. The number of H-pyrrole nitrogens is 1. The maximum absolute atomic E-state index is 12.0. The number of carbonyl (C=O) groups excluding carboxylic acids is 1. The largest absolute Gasteiger partial charge is 0.324 e. The summed E-state index contributed by atoms with van der Waals surface area (Å²) in [5, 5.41) is 2.86. The van der Waals surface area contributed by atoms with Gasteiger partial charge in [0.2, 0.25) is 11.9 Å². The van der Waals surface area contributed by atoms with Gasteiger partial charge in [-0.3, -0.25) is 10.1 Å². The van der Waals surface area contributed by atoms with Gasteiger partial charge in [-0.25, -0.2) is 4.98 Å². The molecule has 0 saturated heterocycles. The molecule has 1 aromatic heterocycles. The van der Waals surface area contributed by atoms with Crippen LogP contribution in [0.1, 0.15) is 52.0 Å². The lowest BCUT2D eigenvalue weighted by molar-refractivity contribution is -0.117. The first-order chi connectivity index (χ1) is 10.3. The quantitative estimate of drug-likeness (QED) is 0.775. The summed E-state index contributed by atoms with van der Waals surface area (Å²) in [5.41, 5.74) is 3.09. The molecule has 0 atom stereocenters. The average Bonchev–Trinajstić information content (AvgIpc) is 2.74. The minimum absolute atomic E-state index is 0.0114. The molecule has 1 aromatic carbocycles. The highest BCUT2D eigenvalue weighted by molar-refractivity contribution is 9.09. The Labute approximate surface area is 139 Å². The van der Waals surface area contributed by atoms with Crippen molar-refractivity contribution in [2.45, 2.75) is 50.8 Å². The van der Waals surface area contributed by atoms with E-state index in [0.717, 1.165) is 11.0 Å². The second-order valence-corrected chi connectivity index (χ2v) is 8.94. The lowest BCUT2D eigenvalue weighted by Crippen LogP contribution is -2.26. The zero-order valence-corrected chi connectivity index (χ0v) is 14.9. The van der Waals surface area contributed by atoms with E-state index in [1.807, 2.05) is 26.8 Å². The highest BCUT2D eigenvalue weighted by atomic mass is 79.9. The topological polar surface area (TPSA) is 57.8 Å². The molecule has 0 unspecified atom stereocenters. The Morgan fingerprint density at radius 3 is 2.73 bits per heavy atom. The summed E-state index contributed by atoms with van der Waals surface area (Å²) in [6.45, 7) is 6.14. The van der Waals surface area contributed by atoms with Crippen molar-refractivity contribution in [1.82, 2.24) is 9.97 Å². The Morgan fingerprint density at radius 2 is 2.14 bits per heavy atom. The smallest absolute Gasteiger partial charge is 0.227 e. The minimum Gasteiger partial charge on any atom is -0.324 e. The SMILES string of the molecule is CC(C)(C)CC(=O)Nc1nc2ccc(C3(Br)CCC3)cc2[nH]1. The van der Waals surface area contributed by atoms with Gasteiger partial charge in [-0.2, -0.15) is 0 Å². The Kier molecular flexibility index (Phi) is 3.79. The zero-order chi connectivity index (χ0) is 16.0. The first-order valence-electron chi connectivity index (χ1n) is 7.74. The summed E-state index contributed by atoms with van der Waals surface area (Å²) in [4.78, 5) is 19.7. The maximum Gasteiger partial charge on any atom is 0.227 e. The van der Waals surface area contributed by atoms with Crippen molar-refractivity contribution in [1.29, 1.82) is 0 Å². The second kappa shape index (κ2) is 5.37. The van der Waals surface area contributed by atoms with Crippen molar-refractivity contribution < 1.29 is 4.79 Å². The molecule has 118 valence electrons. The van der Waals surface area contributed by atoms with Gasteiger partial charge in [0.1, 0.15) is 0 Å². The highest BCUT2D eigenvalue weighted by Gasteiger charge is 2.35. The van der Waals surface area contributed by atoms with E-state index >= 15 is 0 Å². The second-order valence-electron chi connectivity index (χ2n) is 7.42. The summed E-state index contributed by atoms with van der Waals surface area (Å²) in [6, 6.07) is 6.27. The molecule has 2 N–H and O–H groups in total. The van der Waals surface area contributed by atoms with Gasteiger partial charge in [0.15, 0.2) is 0 Å². The van der Waals surface area contributed by atoms with E-state index in [9.17, 15) is 4.79 Å². The predicted molar refractivity (Wildman–Crippen MR) is 93.3 cm³/mol. The molecule has 1 amide bonds. The number of alkyl halides is 1. The van der Waals surface area contributed by atoms with Gasteiger partial charge in [0.05, 0.1) is 15.4 Å². The van der Waals surface area contributed by atoms with Crippen LogP contribution in [0.15, 0.2) is 18.2 Å². The van der Waals surface area contributed by atoms with Gasteiger partial charge >= 0.3 is 0 Å². The summed E-state index contributed by atoms with van der Waals surface area (Å²) in [7, 11) is 0. The van der Waals surface area contributed by atoms with Crippen LogP contribution >= 0.6 is 15.9 Å². The Balaban J connectivity index is 1.80. The third-order valence-corrected chi connectivity index (χ3v) is 5.34. The number of nitrogens with one attached hydrogen (secondary N) is 2. The number of benzene rings is 1. The first-order valence-corrected chi connectivity index (χ1v) is 8.54. The number of nitrogens with zero attached hydrogens (tertiary/aromatic N) is 1. The van der Waals surface area contributed by atoms with E-state index in [2.05, 4.69) is 43.3 Å². The average molecular weight is 364 g/mol. The molecule has 22 heavy (non-hydrogen) atoms. The molecule has 2 aromatic rings. The predicted octanol–water partition coefficient (Wildman–Crippen LogP) is 4.71. The number of anilines is 1. The van der Waals surface area contributed by atoms with E-state index in [0.29, 0.717) is 12.4 Å². The third kappa shape index (κ3) is 3.19. The molecule has 1 saturated carbocycles. The van der Waals surface area contributed by atoms with Crippen molar-refractivity contribution >= 4 is 38.8 Å². The molecule has 4 nitrogen and oxygen atoms in total. The van der Waals surface area contributed by atoms with Crippen molar-refractivity contribution in [3.8, 4) is 0 Å². The van der Waals surface area contributed by atoms with Gasteiger partial charge in [0, 0.05) is 6.42 Å². The van der Waals surface area contributed by atoms with Crippen molar-refractivity contribution in [3.05, 3.63) is 23.8 Å². The minimum atomic E-state index is -0.0319. The van der Waals surface area contributed by atoms with Crippen LogP contribution in [-0.4, -0.2) is 15.9 Å². The van der Waals surface area contributed by atoms with Crippen LogP contribution in [0, 0.1) is 5.41 Å². The number of aromatic amines is 1. The van der Waals surface area contributed by atoms with E-state index < -0.39 is 0 Å². The van der Waals surface area contributed by atoms with Gasteiger partial charge in [-0.15, -0.1) is 0 Å². The first kappa shape index (κ1) is 15.5. The highest BCUT2D eigenvalue weighted by Crippen LogP contribution is 2.49. The van der Waals surface area contributed by atoms with E-state index in [-0.39, 0.29) is 15.6 Å². The Hall–Kier alpha value is -1.36. The molecule has 1 aliphatic carbocycles. The van der Waals surface area contributed by atoms with Gasteiger partial charge < -0.3 is 4.98 Å². The fraction of sp³-hybridized carbons (Fsp3) is 0.529. The lowest BCUT2D eigenvalue weighted by atomic mass is 9.79. The monoisotopic (exact) mass is 363 g/mol. The number of hydrogen-bond donors (Lipinski definition) is 2. The van der Waals surface area contributed by atoms with Crippen LogP contribution in [0.5, 0.6) is 0 Å². The van der Waals surface area contributed by atoms with Gasteiger partial charge in [0.25, 0.3) is 0 Å². The number of aromatic nitrogens is 2. The summed E-state index contributed by atoms with van der Waals surface area (Å²) in [6.07, 6.45) is 4.07. The van der Waals surface area contributed by atoms with E-state index in [1.165, 1.54) is 24.8 Å². The third-order valence-electron chi connectivity index (χ3n) is 4.09. The van der Waals surface area contributed by atoms with Crippen LogP contribution in [0.2, 0.25) is 0 Å². The fourth-order valence-electron chi connectivity index (χ4n) is 2.78. The van der Waals surface area contributed by atoms with Gasteiger partial charge in [-0.1, -0.05) is 42.8 Å². The van der Waals surface area contributed by atoms with Crippen LogP contribution in [0.25, 0.3) is 11.0 Å². The molecule has 0 spiro atoms. The molecular weight excluding hydrogens is 342 g/mol. The summed E-state index contributed by atoms with van der Waals surface area (Å²) < 4.78 is 0.127. The number of rotatable bonds is 3. The van der Waals surface area contributed by atoms with Crippen molar-refractivity contribution in [3.63, 3.8) is 0 Å². The maximum atomic E-state index is 12.0. The molecule has 1 aliphatic rings. The molecule has 0 aliphatic heterocycles. The van der Waals surface area contributed by atoms with Gasteiger partial charge in [-0.05, 0) is 42.4 Å². The number of halogens is 1. The number of amides is 1. The molecule has 5 heteroatoms. The molecule has 1 fully saturated rings. The normalized spacial score (nSPS) is 17.3. The van der Waals surface area contributed by atoms with E-state index in [1.54, 1.807) is 0 Å². The zero-order valence-electron chi connectivity index (χ0n) is 13.3. The molecule has 3 rings (SSSR count). The standard InChI is InChI=1S/C17H22BrN3O/c1-16(2,3)10-14(22)21-15-19-12-6-5-11(9-13(12)20-15)17(18)7-4-8-17/h5-6,9H,4,7-8,10H2,1-3H3,(H2,19,20,21,22). The molecule has 1 heterocycles. The molecular formula is C17H22BrN3O. The molecule has 0 bridgehead atoms. The van der Waals surface area contributed by atoms with E-state index in [4.69, 9.17) is 0 Å². The van der Waals surface area contributed by atoms with Crippen LogP contribution in [0.3, 0.4) is 0 Å². The number of hydrogen-bond acceptors (Lipinski definition) is 2. The van der Waals surface area contributed by atoms with Crippen molar-refractivity contribution in [2.24, 2.45) is 5.41 Å². The number of carbonyl (C=O) groups is 1. The number of fused-ring (bicyclic) bond motifs is 1. The summed E-state index contributed by atoms with van der Waals surface area (Å²) in [5.74, 6) is 0.515. The van der Waals surface area contributed by atoms with Crippen molar-refractivity contribution in [2.75, 3.05) is 5.32 Å². The van der Waals surface area contributed by atoms with Crippen LogP contribution < -0.4 is 5.32 Å². The lowest BCUT2D eigenvalue weighted by Gasteiger charge is -2.36. The number of imidazole rings is 1. The Bertz CT molecular complexity index is 710. The van der Waals surface area contributed by atoms with Crippen LogP contribution in [0.4, 0.5) is 5.95 Å². The molecule has 0 radical (unpaired) electrons.